The molecule has 1 heterocycles. The van der Waals surface area contributed by atoms with Crippen LogP contribution >= 0.6 is 11.8 Å². The third kappa shape index (κ3) is 4.68. The summed E-state index contributed by atoms with van der Waals surface area (Å²) in [5.74, 6) is 0.949. The van der Waals surface area contributed by atoms with E-state index >= 15 is 0 Å². The molecule has 0 spiro atoms. The molecule has 0 atom stereocenters. The number of nitrogens with one attached hydrogen (secondary N) is 1. The van der Waals surface area contributed by atoms with E-state index in [2.05, 4.69) is 21.6 Å². The molecule has 0 aliphatic rings. The van der Waals surface area contributed by atoms with Gasteiger partial charge in [0.1, 0.15) is 0 Å². The fourth-order valence-electron chi connectivity index (χ4n) is 2.95. The maximum absolute atomic E-state index is 12.3. The maximum Gasteiger partial charge on any atom is 0.234 e. The first-order valence-electron chi connectivity index (χ1n) is 8.76. The van der Waals surface area contributed by atoms with Crippen LogP contribution in [0.1, 0.15) is 18.1 Å². The van der Waals surface area contributed by atoms with Crippen molar-refractivity contribution in [1.82, 2.24) is 14.8 Å². The van der Waals surface area contributed by atoms with Crippen LogP contribution in [0.25, 0.3) is 11.4 Å². The van der Waals surface area contributed by atoms with Gasteiger partial charge < -0.3 is 15.6 Å². The lowest BCUT2D eigenvalue weighted by molar-refractivity contribution is -0.113. The smallest absolute Gasteiger partial charge is 0.234 e. The van der Waals surface area contributed by atoms with Gasteiger partial charge >= 0.3 is 0 Å². The number of nitrogens with zero attached hydrogens (tertiary/aromatic N) is 3. The minimum absolute atomic E-state index is 0.0684. The van der Waals surface area contributed by atoms with Gasteiger partial charge in [0.2, 0.25) is 5.91 Å². The van der Waals surface area contributed by atoms with E-state index in [-0.39, 0.29) is 11.7 Å². The average Bonchev–Trinajstić information content (AvgIpc) is 3.02. The second-order valence-electron chi connectivity index (χ2n) is 6.39. The Bertz CT molecular complexity index is 947. The highest BCUT2D eigenvalue weighted by Gasteiger charge is 2.15. The zero-order chi connectivity index (χ0) is 19.4. The van der Waals surface area contributed by atoms with Crippen LogP contribution in [0.15, 0.2) is 47.6 Å². The van der Waals surface area contributed by atoms with Crippen molar-refractivity contribution in [3.8, 4) is 11.4 Å². The Hall–Kier alpha value is -2.80. The molecule has 2 aromatic carbocycles. The van der Waals surface area contributed by atoms with Crippen molar-refractivity contribution in [3.05, 3.63) is 53.6 Å². The summed E-state index contributed by atoms with van der Waals surface area (Å²) in [5.41, 5.74) is 10.5. The molecule has 0 fully saturated rings. The third-order valence-corrected chi connectivity index (χ3v) is 4.98. The van der Waals surface area contributed by atoms with E-state index in [0.717, 1.165) is 28.2 Å². The minimum Gasteiger partial charge on any atom is -0.399 e. The van der Waals surface area contributed by atoms with E-state index < -0.39 is 0 Å². The molecule has 0 saturated heterocycles. The molecule has 1 amide bonds. The molecule has 27 heavy (non-hydrogen) atoms. The van der Waals surface area contributed by atoms with Gasteiger partial charge in [-0.05, 0) is 56.2 Å². The third-order valence-electron chi connectivity index (χ3n) is 4.02. The number of carbonyl (C=O) groups is 1. The number of rotatable bonds is 6. The van der Waals surface area contributed by atoms with Crippen LogP contribution in [-0.4, -0.2) is 26.4 Å². The molecule has 6 nitrogen and oxygen atoms in total. The van der Waals surface area contributed by atoms with Crippen molar-refractivity contribution < 1.29 is 4.79 Å². The molecule has 3 aromatic rings. The summed E-state index contributed by atoms with van der Waals surface area (Å²) in [5, 5.41) is 12.2. The van der Waals surface area contributed by atoms with Gasteiger partial charge in [-0.2, -0.15) is 0 Å². The summed E-state index contributed by atoms with van der Waals surface area (Å²) < 4.78 is 1.99. The monoisotopic (exact) mass is 381 g/mol. The number of carbonyl (C=O) groups excluding carboxylic acids is 1. The Morgan fingerprint density at radius 1 is 1.15 bits per heavy atom. The SMILES string of the molecule is CCn1c(SCC(=O)Nc2cc(C)cc(C)c2)nnc1-c1cccc(N)c1. The molecule has 3 N–H and O–H groups in total. The van der Waals surface area contributed by atoms with Crippen LogP contribution in [0.4, 0.5) is 11.4 Å². The first-order valence-corrected chi connectivity index (χ1v) is 9.75. The van der Waals surface area contributed by atoms with Gasteiger partial charge in [-0.1, -0.05) is 30.0 Å². The van der Waals surface area contributed by atoms with Crippen LogP contribution in [0.5, 0.6) is 0 Å². The van der Waals surface area contributed by atoms with E-state index in [9.17, 15) is 4.79 Å². The highest BCUT2D eigenvalue weighted by atomic mass is 32.2. The van der Waals surface area contributed by atoms with Gasteiger partial charge in [-0.3, -0.25) is 4.79 Å². The first-order chi connectivity index (χ1) is 13.0. The Morgan fingerprint density at radius 3 is 2.56 bits per heavy atom. The van der Waals surface area contributed by atoms with Gasteiger partial charge in [0.05, 0.1) is 5.75 Å². The Balaban J connectivity index is 1.70. The zero-order valence-corrected chi connectivity index (χ0v) is 16.5. The van der Waals surface area contributed by atoms with Gasteiger partial charge in [0, 0.05) is 23.5 Å². The average molecular weight is 382 g/mol. The molecule has 0 unspecified atom stereocenters. The van der Waals surface area contributed by atoms with E-state index in [1.165, 1.54) is 11.8 Å². The van der Waals surface area contributed by atoms with Crippen molar-refractivity contribution >= 4 is 29.0 Å². The fourth-order valence-corrected chi connectivity index (χ4v) is 3.75. The number of hydrogen-bond acceptors (Lipinski definition) is 5. The number of aromatic nitrogens is 3. The van der Waals surface area contributed by atoms with E-state index in [1.807, 2.05) is 61.7 Å². The summed E-state index contributed by atoms with van der Waals surface area (Å²) in [6.07, 6.45) is 0. The second-order valence-corrected chi connectivity index (χ2v) is 7.33. The van der Waals surface area contributed by atoms with Crippen molar-refractivity contribution in [2.75, 3.05) is 16.8 Å². The summed E-state index contributed by atoms with van der Waals surface area (Å²) in [4.78, 5) is 12.3. The van der Waals surface area contributed by atoms with E-state index in [4.69, 9.17) is 5.73 Å². The minimum atomic E-state index is -0.0684. The predicted molar refractivity (Wildman–Crippen MR) is 111 cm³/mol. The molecule has 0 radical (unpaired) electrons. The van der Waals surface area contributed by atoms with E-state index in [0.29, 0.717) is 17.4 Å². The lowest BCUT2D eigenvalue weighted by atomic mass is 10.1. The summed E-state index contributed by atoms with van der Waals surface area (Å²) in [6, 6.07) is 13.5. The highest BCUT2D eigenvalue weighted by molar-refractivity contribution is 7.99. The van der Waals surface area contributed by atoms with Crippen LogP contribution < -0.4 is 11.1 Å². The largest absolute Gasteiger partial charge is 0.399 e. The van der Waals surface area contributed by atoms with Crippen LogP contribution in [-0.2, 0) is 11.3 Å². The quantitative estimate of drug-likeness (QED) is 0.500. The number of aryl methyl sites for hydroxylation is 2. The predicted octanol–water partition coefficient (Wildman–Crippen LogP) is 3.89. The number of thioether (sulfide) groups is 1. The Morgan fingerprint density at radius 2 is 1.89 bits per heavy atom. The first kappa shape index (κ1) is 19.0. The number of benzene rings is 2. The highest BCUT2D eigenvalue weighted by Crippen LogP contribution is 2.25. The normalized spacial score (nSPS) is 10.8. The van der Waals surface area contributed by atoms with Gasteiger partial charge in [-0.15, -0.1) is 10.2 Å². The molecule has 0 aliphatic heterocycles. The second kappa shape index (κ2) is 8.26. The molecule has 7 heteroatoms. The van der Waals surface area contributed by atoms with Crippen molar-refractivity contribution in [2.45, 2.75) is 32.5 Å². The van der Waals surface area contributed by atoms with Gasteiger partial charge in [-0.25, -0.2) is 0 Å². The van der Waals surface area contributed by atoms with Crippen molar-refractivity contribution in [2.24, 2.45) is 0 Å². The van der Waals surface area contributed by atoms with E-state index in [1.54, 1.807) is 0 Å². The Kier molecular flexibility index (Phi) is 5.81. The molecule has 0 saturated carbocycles. The molecular formula is C20H23N5OS. The number of nitrogen functional groups attached to an aromatic ring is 1. The summed E-state index contributed by atoms with van der Waals surface area (Å²) in [6.45, 7) is 6.76. The topological polar surface area (TPSA) is 85.8 Å². The molecular weight excluding hydrogens is 358 g/mol. The molecule has 3 rings (SSSR count). The summed E-state index contributed by atoms with van der Waals surface area (Å²) >= 11 is 1.37. The summed E-state index contributed by atoms with van der Waals surface area (Å²) in [7, 11) is 0. The van der Waals surface area contributed by atoms with Gasteiger partial charge in [0.15, 0.2) is 11.0 Å². The standard InChI is InChI=1S/C20H23N5OS/c1-4-25-19(15-6-5-7-16(21)11-15)23-24-20(25)27-12-18(26)22-17-9-13(2)8-14(3)10-17/h5-11H,4,12,21H2,1-3H3,(H,22,26). The van der Waals surface area contributed by atoms with Crippen LogP contribution in [0, 0.1) is 13.8 Å². The maximum atomic E-state index is 12.3. The molecule has 0 bridgehead atoms. The van der Waals surface area contributed by atoms with Crippen LogP contribution in [0.2, 0.25) is 0 Å². The molecule has 1 aromatic heterocycles. The number of anilines is 2. The van der Waals surface area contributed by atoms with Crippen molar-refractivity contribution in [1.29, 1.82) is 0 Å². The fraction of sp³-hybridized carbons (Fsp3) is 0.250. The molecule has 140 valence electrons. The lowest BCUT2D eigenvalue weighted by Gasteiger charge is -2.09. The van der Waals surface area contributed by atoms with Gasteiger partial charge in [0.25, 0.3) is 0 Å². The van der Waals surface area contributed by atoms with Crippen molar-refractivity contribution in [3.63, 3.8) is 0 Å². The Labute approximate surface area is 163 Å². The number of amides is 1. The zero-order valence-electron chi connectivity index (χ0n) is 15.7. The van der Waals surface area contributed by atoms with Crippen LogP contribution in [0.3, 0.4) is 0 Å². The number of nitrogens with two attached hydrogens (primary N) is 1. The number of hydrogen-bond donors (Lipinski definition) is 2. The molecule has 0 aliphatic carbocycles. The lowest BCUT2D eigenvalue weighted by Crippen LogP contribution is -2.15.